The minimum atomic E-state index is -3.17. The number of benzene rings is 1. The summed E-state index contributed by atoms with van der Waals surface area (Å²) in [6, 6.07) is 8.91. The van der Waals surface area contributed by atoms with Gasteiger partial charge in [0, 0.05) is 74.8 Å². The van der Waals surface area contributed by atoms with Gasteiger partial charge in [-0.05, 0) is 30.2 Å². The van der Waals surface area contributed by atoms with Gasteiger partial charge >= 0.3 is 0 Å². The molecule has 0 amide bonds. The van der Waals surface area contributed by atoms with Crippen molar-refractivity contribution in [2.24, 2.45) is 22.7 Å². The first-order valence-corrected chi connectivity index (χ1v) is 17.0. The summed E-state index contributed by atoms with van der Waals surface area (Å²) in [7, 11) is -3.17. The van der Waals surface area contributed by atoms with E-state index in [4.69, 9.17) is 19.8 Å². The number of ether oxygens (including phenoxy) is 1. The normalized spacial score (nSPS) is 26.3. The predicted molar refractivity (Wildman–Crippen MR) is 167 cm³/mol. The van der Waals surface area contributed by atoms with Crippen LogP contribution in [-0.4, -0.2) is 103 Å². The van der Waals surface area contributed by atoms with Crippen molar-refractivity contribution < 1.29 is 13.2 Å². The molecule has 3 fully saturated rings. The molecular weight excluding hydrogens is 550 g/mol. The van der Waals surface area contributed by atoms with E-state index in [0.29, 0.717) is 69.7 Å². The van der Waals surface area contributed by atoms with E-state index in [1.807, 2.05) is 10.7 Å². The highest BCUT2D eigenvalue weighted by molar-refractivity contribution is 7.88. The van der Waals surface area contributed by atoms with E-state index in [1.54, 1.807) is 4.31 Å². The first kappa shape index (κ1) is 29.2. The fraction of sp³-hybridized carbons (Fsp3) is 0.581. The lowest BCUT2D eigenvalue weighted by Gasteiger charge is -2.45. The highest BCUT2D eigenvalue weighted by Gasteiger charge is 2.41. The summed E-state index contributed by atoms with van der Waals surface area (Å²) in [4.78, 5) is 14.8. The van der Waals surface area contributed by atoms with Gasteiger partial charge in [-0.1, -0.05) is 39.0 Å². The summed E-state index contributed by atoms with van der Waals surface area (Å²) < 4.78 is 33.2. The number of aryl methyl sites for hydroxylation is 1. The van der Waals surface area contributed by atoms with Crippen molar-refractivity contribution in [3.63, 3.8) is 0 Å². The summed E-state index contributed by atoms with van der Waals surface area (Å²) in [5.41, 5.74) is 6.24. The zero-order valence-electron chi connectivity index (χ0n) is 25.4. The van der Waals surface area contributed by atoms with Crippen molar-refractivity contribution in [2.45, 2.75) is 40.3 Å². The van der Waals surface area contributed by atoms with Crippen LogP contribution in [0.15, 0.2) is 35.5 Å². The average molecular weight is 594 g/mol. The van der Waals surface area contributed by atoms with Gasteiger partial charge in [-0.3, -0.25) is 9.89 Å². The summed E-state index contributed by atoms with van der Waals surface area (Å²) in [5.74, 6) is 2.77. The molecule has 0 bridgehead atoms. The number of piperazine rings is 1. The maximum absolute atomic E-state index is 12.0. The Labute approximate surface area is 249 Å². The number of sulfonamides is 1. The van der Waals surface area contributed by atoms with Crippen molar-refractivity contribution in [1.82, 2.24) is 23.8 Å². The number of fused-ring (bicyclic) bond motifs is 1. The third-order valence-corrected chi connectivity index (χ3v) is 11.1. The molecule has 2 aromatic heterocycles. The van der Waals surface area contributed by atoms with Crippen LogP contribution >= 0.6 is 0 Å². The van der Waals surface area contributed by atoms with Crippen molar-refractivity contribution >= 4 is 27.7 Å². The minimum absolute atomic E-state index is 0.341. The largest absolute Gasteiger partial charge is 0.378 e. The first-order valence-electron chi connectivity index (χ1n) is 15.1. The molecule has 1 aliphatic carbocycles. The number of nitrogens with zero attached hydrogens (tertiary/aromatic N) is 7. The van der Waals surface area contributed by atoms with Crippen LogP contribution in [0.5, 0.6) is 0 Å². The Kier molecular flexibility index (Phi) is 8.12. The average Bonchev–Trinajstić information content (AvgIpc) is 3.39. The Morgan fingerprint density at radius 2 is 1.74 bits per heavy atom. The van der Waals surface area contributed by atoms with Crippen molar-refractivity contribution in [3.8, 4) is 11.3 Å². The van der Waals surface area contributed by atoms with Crippen LogP contribution in [0.1, 0.15) is 37.5 Å². The second-order valence-electron chi connectivity index (χ2n) is 12.3. The number of aliphatic imine (C=N–C) groups is 1. The number of aromatic nitrogens is 3. The Morgan fingerprint density at radius 3 is 2.43 bits per heavy atom. The maximum atomic E-state index is 12.0. The number of morpholine rings is 1. The first-order chi connectivity index (χ1) is 20.1. The van der Waals surface area contributed by atoms with Gasteiger partial charge < -0.3 is 9.64 Å². The molecule has 0 spiro atoms. The van der Waals surface area contributed by atoms with Crippen LogP contribution < -0.4 is 4.90 Å². The van der Waals surface area contributed by atoms with E-state index in [9.17, 15) is 8.42 Å². The fourth-order valence-electron chi connectivity index (χ4n) is 6.66. The second kappa shape index (κ2) is 11.7. The molecule has 4 heterocycles. The zero-order valence-corrected chi connectivity index (χ0v) is 26.2. The quantitative estimate of drug-likeness (QED) is 0.388. The van der Waals surface area contributed by atoms with Crippen LogP contribution in [0, 0.1) is 24.7 Å². The van der Waals surface area contributed by atoms with Crippen molar-refractivity contribution in [1.29, 1.82) is 0 Å². The van der Waals surface area contributed by atoms with Gasteiger partial charge in [-0.15, -0.1) is 0 Å². The molecule has 2 atom stereocenters. The molecule has 42 heavy (non-hydrogen) atoms. The molecule has 3 aromatic rings. The van der Waals surface area contributed by atoms with E-state index in [-0.39, 0.29) is 0 Å². The second-order valence-corrected chi connectivity index (χ2v) is 14.3. The lowest BCUT2D eigenvalue weighted by molar-refractivity contribution is 0.0824. The third kappa shape index (κ3) is 5.59. The molecule has 2 unspecified atom stereocenters. The molecule has 2 saturated heterocycles. The van der Waals surface area contributed by atoms with Gasteiger partial charge in [-0.25, -0.2) is 17.9 Å². The lowest BCUT2D eigenvalue weighted by atomic mass is 9.63. The van der Waals surface area contributed by atoms with E-state index in [1.165, 1.54) is 11.8 Å². The molecule has 0 N–H and O–H groups in total. The molecule has 6 rings (SSSR count). The SMILES string of the molecule is Cc1cccc(-c2cc(N3CCOCC3)nc3c(CN4CCN(S(C)(=O)=O)CC4)cnn23)c1C=NC1C(C)C(C)C1C. The highest BCUT2D eigenvalue weighted by Crippen LogP contribution is 2.42. The summed E-state index contributed by atoms with van der Waals surface area (Å²) >= 11 is 0. The molecule has 11 heteroatoms. The van der Waals surface area contributed by atoms with Crippen LogP contribution in [-0.2, 0) is 21.3 Å². The van der Waals surface area contributed by atoms with Crippen LogP contribution in [0.4, 0.5) is 5.82 Å². The standard InChI is InChI=1S/C31H43N7O3S/c1-21-7-6-8-26(27(21)19-32-30-23(3)22(2)24(30)4)28-17-29(36-13-15-41-16-14-36)34-31-25(18-33-38(28)31)20-35-9-11-37(12-10-35)42(5,39)40/h6-8,17-19,22-24,30H,9-16,20H2,1-5H3. The fourth-order valence-corrected chi connectivity index (χ4v) is 7.48. The van der Waals surface area contributed by atoms with Gasteiger partial charge in [0.05, 0.1) is 37.4 Å². The minimum Gasteiger partial charge on any atom is -0.378 e. The van der Waals surface area contributed by atoms with Crippen LogP contribution in [0.25, 0.3) is 16.9 Å². The molecular formula is C31H43N7O3S. The molecule has 3 aliphatic rings. The van der Waals surface area contributed by atoms with Gasteiger partial charge in [0.25, 0.3) is 0 Å². The maximum Gasteiger partial charge on any atom is 0.211 e. The molecule has 1 saturated carbocycles. The zero-order chi connectivity index (χ0) is 29.6. The van der Waals surface area contributed by atoms with Gasteiger partial charge in [-0.2, -0.15) is 9.40 Å². The number of anilines is 1. The smallest absolute Gasteiger partial charge is 0.211 e. The Bertz CT molecular complexity index is 1560. The molecule has 0 radical (unpaired) electrons. The highest BCUT2D eigenvalue weighted by atomic mass is 32.2. The third-order valence-electron chi connectivity index (χ3n) is 9.77. The Morgan fingerprint density at radius 1 is 1.02 bits per heavy atom. The summed E-state index contributed by atoms with van der Waals surface area (Å²) in [6.07, 6.45) is 5.28. The van der Waals surface area contributed by atoms with E-state index in [0.717, 1.165) is 46.9 Å². The van der Waals surface area contributed by atoms with Gasteiger partial charge in [0.15, 0.2) is 5.65 Å². The van der Waals surface area contributed by atoms with Crippen molar-refractivity contribution in [2.75, 3.05) is 63.6 Å². The lowest BCUT2D eigenvalue weighted by Crippen LogP contribution is -2.47. The van der Waals surface area contributed by atoms with Gasteiger partial charge in [0.2, 0.25) is 10.0 Å². The van der Waals surface area contributed by atoms with Crippen LogP contribution in [0.3, 0.4) is 0 Å². The van der Waals surface area contributed by atoms with E-state index in [2.05, 4.69) is 68.0 Å². The number of rotatable bonds is 7. The monoisotopic (exact) mass is 593 g/mol. The Hall–Kier alpha value is -2.86. The number of hydrogen-bond donors (Lipinski definition) is 0. The van der Waals surface area contributed by atoms with E-state index >= 15 is 0 Å². The number of hydrogen-bond acceptors (Lipinski definition) is 8. The molecule has 2 aliphatic heterocycles. The molecule has 10 nitrogen and oxygen atoms in total. The summed E-state index contributed by atoms with van der Waals surface area (Å²) in [6.45, 7) is 15.0. The molecule has 226 valence electrons. The topological polar surface area (TPSA) is 95.6 Å². The molecule has 1 aromatic carbocycles. The Balaban J connectivity index is 1.38. The van der Waals surface area contributed by atoms with Gasteiger partial charge in [0.1, 0.15) is 5.82 Å². The van der Waals surface area contributed by atoms with Crippen molar-refractivity contribution in [3.05, 3.63) is 47.2 Å². The predicted octanol–water partition coefficient (Wildman–Crippen LogP) is 3.33. The van der Waals surface area contributed by atoms with E-state index < -0.39 is 10.0 Å². The summed E-state index contributed by atoms with van der Waals surface area (Å²) in [5, 5.41) is 4.86. The van der Waals surface area contributed by atoms with Crippen LogP contribution in [0.2, 0.25) is 0 Å².